The number of rotatable bonds is 7. The van der Waals surface area contributed by atoms with Gasteiger partial charge in [0.15, 0.2) is 5.82 Å². The molecule has 0 amide bonds. The van der Waals surface area contributed by atoms with E-state index in [1.165, 1.54) is 0 Å². The summed E-state index contributed by atoms with van der Waals surface area (Å²) in [6.07, 6.45) is 7.08. The third-order valence-electron chi connectivity index (χ3n) is 5.66. The smallest absolute Gasteiger partial charge is 0.154 e. The van der Waals surface area contributed by atoms with Gasteiger partial charge in [0.2, 0.25) is 0 Å². The standard InChI is InChI=1S/C23H30N8O/c1-15-12-30(4)13-20(15)32-14-18(9-24)23(25-3)17-5-6-31-19(7-17)8-21(29-31)28-22-11-26-10-16(2)27-22/h5-11,15,20H,12-14,24H2,1-4H3,(H,27,28,29)/b18-9+,25-23?/t15-,20-/m0/s1. The van der Waals surface area contributed by atoms with E-state index in [0.717, 1.165) is 41.1 Å². The molecule has 0 aliphatic carbocycles. The Hall–Kier alpha value is -3.30. The molecule has 1 aliphatic heterocycles. The van der Waals surface area contributed by atoms with Crippen LogP contribution in [-0.4, -0.2) is 70.1 Å². The maximum atomic E-state index is 6.20. The Bertz CT molecular complexity index is 1150. The Morgan fingerprint density at radius 1 is 1.31 bits per heavy atom. The summed E-state index contributed by atoms with van der Waals surface area (Å²) in [4.78, 5) is 15.4. The lowest BCUT2D eigenvalue weighted by Gasteiger charge is -2.18. The van der Waals surface area contributed by atoms with Gasteiger partial charge in [-0.25, -0.2) is 9.50 Å². The van der Waals surface area contributed by atoms with Crippen molar-refractivity contribution in [3.63, 3.8) is 0 Å². The lowest BCUT2D eigenvalue weighted by Crippen LogP contribution is -2.24. The van der Waals surface area contributed by atoms with Crippen molar-refractivity contribution in [3.05, 3.63) is 59.8 Å². The average Bonchev–Trinajstić information content (AvgIpc) is 3.31. The number of fused-ring (bicyclic) bond motifs is 1. The summed E-state index contributed by atoms with van der Waals surface area (Å²) in [6.45, 7) is 6.52. The lowest BCUT2D eigenvalue weighted by molar-refractivity contribution is 0.0565. The number of aryl methyl sites for hydroxylation is 1. The molecule has 3 aromatic heterocycles. The first kappa shape index (κ1) is 21.9. The van der Waals surface area contributed by atoms with Crippen LogP contribution in [-0.2, 0) is 4.74 Å². The van der Waals surface area contributed by atoms with Crippen LogP contribution in [0.3, 0.4) is 0 Å². The summed E-state index contributed by atoms with van der Waals surface area (Å²) in [5, 5.41) is 7.76. The van der Waals surface area contributed by atoms with E-state index >= 15 is 0 Å². The second kappa shape index (κ2) is 9.46. The minimum atomic E-state index is 0.198. The number of nitrogens with one attached hydrogen (secondary N) is 1. The van der Waals surface area contributed by atoms with Gasteiger partial charge in [-0.3, -0.25) is 9.98 Å². The molecule has 32 heavy (non-hydrogen) atoms. The van der Waals surface area contributed by atoms with Gasteiger partial charge < -0.3 is 20.7 Å². The normalized spacial score (nSPS) is 20.2. The number of pyridine rings is 1. The van der Waals surface area contributed by atoms with Gasteiger partial charge in [-0.2, -0.15) is 5.10 Å². The zero-order valence-electron chi connectivity index (χ0n) is 19.0. The van der Waals surface area contributed by atoms with Gasteiger partial charge in [0.25, 0.3) is 0 Å². The van der Waals surface area contributed by atoms with E-state index in [-0.39, 0.29) is 6.10 Å². The van der Waals surface area contributed by atoms with Crippen LogP contribution in [0, 0.1) is 12.8 Å². The molecule has 1 saturated heterocycles. The highest BCUT2D eigenvalue weighted by Gasteiger charge is 2.28. The zero-order valence-corrected chi connectivity index (χ0v) is 19.0. The molecule has 3 aromatic rings. The SMILES string of the molecule is CN=C(/C(=C/N)CO[C@H]1CN(C)C[C@@H]1C)c1ccn2nc(Nc3cncc(C)n3)cc2c1. The van der Waals surface area contributed by atoms with Crippen molar-refractivity contribution in [1.29, 1.82) is 0 Å². The fourth-order valence-corrected chi connectivity index (χ4v) is 4.10. The Morgan fingerprint density at radius 3 is 2.84 bits per heavy atom. The van der Waals surface area contributed by atoms with Crippen LogP contribution in [0.25, 0.3) is 5.52 Å². The number of likely N-dealkylation sites (N-methyl/N-ethyl adjacent to an activating group) is 1. The van der Waals surface area contributed by atoms with Crippen LogP contribution in [0.15, 0.2) is 53.6 Å². The summed E-state index contributed by atoms with van der Waals surface area (Å²) in [6, 6.07) is 5.98. The minimum Gasteiger partial charge on any atom is -0.404 e. The highest BCUT2D eigenvalue weighted by molar-refractivity contribution is 6.13. The lowest BCUT2D eigenvalue weighted by atomic mass is 10.0. The molecule has 4 heterocycles. The third-order valence-corrected chi connectivity index (χ3v) is 5.66. The first-order valence-electron chi connectivity index (χ1n) is 10.7. The predicted octanol–water partition coefficient (Wildman–Crippen LogP) is 2.40. The molecule has 0 aromatic carbocycles. The molecule has 0 spiro atoms. The number of aromatic nitrogens is 4. The molecule has 9 heteroatoms. The maximum absolute atomic E-state index is 6.20. The molecule has 1 fully saturated rings. The van der Waals surface area contributed by atoms with Gasteiger partial charge >= 0.3 is 0 Å². The number of hydrogen-bond acceptors (Lipinski definition) is 8. The first-order chi connectivity index (χ1) is 15.5. The van der Waals surface area contributed by atoms with Crippen molar-refractivity contribution in [3.8, 4) is 0 Å². The highest BCUT2D eigenvalue weighted by atomic mass is 16.5. The Morgan fingerprint density at radius 2 is 2.16 bits per heavy atom. The van der Waals surface area contributed by atoms with Gasteiger partial charge in [-0.1, -0.05) is 6.92 Å². The van der Waals surface area contributed by atoms with Crippen LogP contribution in [0.2, 0.25) is 0 Å². The van der Waals surface area contributed by atoms with Crippen LogP contribution < -0.4 is 11.1 Å². The summed E-state index contributed by atoms with van der Waals surface area (Å²) in [5.74, 6) is 1.84. The maximum Gasteiger partial charge on any atom is 0.154 e. The third kappa shape index (κ3) is 4.79. The second-order valence-electron chi connectivity index (χ2n) is 8.30. The van der Waals surface area contributed by atoms with Crippen molar-refractivity contribution >= 4 is 22.9 Å². The number of nitrogens with two attached hydrogens (primary N) is 1. The molecular formula is C23H30N8O. The molecule has 0 unspecified atom stereocenters. The second-order valence-corrected chi connectivity index (χ2v) is 8.30. The monoisotopic (exact) mass is 434 g/mol. The van der Waals surface area contributed by atoms with Gasteiger partial charge in [0.05, 0.1) is 35.8 Å². The van der Waals surface area contributed by atoms with Gasteiger partial charge in [-0.15, -0.1) is 0 Å². The van der Waals surface area contributed by atoms with E-state index in [0.29, 0.717) is 24.2 Å². The molecule has 4 rings (SSSR count). The van der Waals surface area contributed by atoms with E-state index < -0.39 is 0 Å². The molecule has 0 radical (unpaired) electrons. The average molecular weight is 435 g/mol. The van der Waals surface area contributed by atoms with Gasteiger partial charge in [-0.05, 0) is 32.0 Å². The summed E-state index contributed by atoms with van der Waals surface area (Å²) in [5.41, 5.74) is 10.4. The number of hydrogen-bond donors (Lipinski definition) is 2. The zero-order chi connectivity index (χ0) is 22.7. The minimum absolute atomic E-state index is 0.198. The highest BCUT2D eigenvalue weighted by Crippen LogP contribution is 2.21. The number of anilines is 2. The van der Waals surface area contributed by atoms with Crippen LogP contribution >= 0.6 is 0 Å². The molecule has 9 nitrogen and oxygen atoms in total. The number of aliphatic imine (C=N–C) groups is 1. The fourth-order valence-electron chi connectivity index (χ4n) is 4.10. The van der Waals surface area contributed by atoms with E-state index in [4.69, 9.17) is 10.5 Å². The molecule has 0 saturated carbocycles. The van der Waals surface area contributed by atoms with Crippen molar-refractivity contribution in [1.82, 2.24) is 24.5 Å². The van der Waals surface area contributed by atoms with Crippen molar-refractivity contribution < 1.29 is 4.74 Å². The first-order valence-corrected chi connectivity index (χ1v) is 10.7. The number of ether oxygens (including phenoxy) is 1. The Kier molecular flexibility index (Phi) is 6.48. The number of likely N-dealkylation sites (tertiary alicyclic amines) is 1. The predicted molar refractivity (Wildman–Crippen MR) is 126 cm³/mol. The van der Waals surface area contributed by atoms with E-state index in [9.17, 15) is 0 Å². The number of nitrogens with zero attached hydrogens (tertiary/aromatic N) is 6. The summed E-state index contributed by atoms with van der Waals surface area (Å²) in [7, 11) is 3.89. The van der Waals surface area contributed by atoms with Crippen molar-refractivity contribution in [2.45, 2.75) is 20.0 Å². The Labute approximate surface area is 188 Å². The van der Waals surface area contributed by atoms with Crippen molar-refractivity contribution in [2.24, 2.45) is 16.6 Å². The quantitative estimate of drug-likeness (QED) is 0.550. The van der Waals surface area contributed by atoms with Gasteiger partial charge in [0, 0.05) is 55.9 Å². The molecule has 3 N–H and O–H groups in total. The Balaban J connectivity index is 1.51. The topological polar surface area (TPSA) is 106 Å². The fraction of sp³-hybridized carbons (Fsp3) is 0.391. The van der Waals surface area contributed by atoms with Crippen molar-refractivity contribution in [2.75, 3.05) is 39.1 Å². The van der Waals surface area contributed by atoms with E-state index in [1.54, 1.807) is 30.2 Å². The summed E-state index contributed by atoms with van der Waals surface area (Å²) >= 11 is 0. The summed E-state index contributed by atoms with van der Waals surface area (Å²) < 4.78 is 8.01. The van der Waals surface area contributed by atoms with Crippen LogP contribution in [0.4, 0.5) is 11.6 Å². The van der Waals surface area contributed by atoms with E-state index in [2.05, 4.69) is 44.2 Å². The molecular weight excluding hydrogens is 404 g/mol. The molecule has 1 aliphatic rings. The van der Waals surface area contributed by atoms with Gasteiger partial charge in [0.1, 0.15) is 5.82 Å². The molecule has 2 atom stereocenters. The molecule has 0 bridgehead atoms. The largest absolute Gasteiger partial charge is 0.404 e. The van der Waals surface area contributed by atoms with E-state index in [1.807, 2.05) is 31.3 Å². The van der Waals surface area contributed by atoms with Crippen LogP contribution in [0.5, 0.6) is 0 Å². The van der Waals surface area contributed by atoms with Crippen LogP contribution in [0.1, 0.15) is 18.2 Å². The molecule has 168 valence electrons.